The van der Waals surface area contributed by atoms with E-state index >= 15 is 0 Å². The fourth-order valence-electron chi connectivity index (χ4n) is 7.59. The Hall–Kier alpha value is -6.94. The summed E-state index contributed by atoms with van der Waals surface area (Å²) >= 11 is 0. The summed E-state index contributed by atoms with van der Waals surface area (Å²) in [7, 11) is 2.91. The molecular formula is C42H27N3O7. The zero-order chi connectivity index (χ0) is 35.8. The fourth-order valence-corrected chi connectivity index (χ4v) is 7.59. The molecule has 0 bridgehead atoms. The monoisotopic (exact) mass is 685 g/mol. The number of hydrogen-bond acceptors (Lipinski definition) is 8. The van der Waals surface area contributed by atoms with E-state index in [1.54, 1.807) is 66.7 Å². The molecule has 52 heavy (non-hydrogen) atoms. The predicted octanol–water partition coefficient (Wildman–Crippen LogP) is 6.86. The Morgan fingerprint density at radius 3 is 1.87 bits per heavy atom. The van der Waals surface area contributed by atoms with Gasteiger partial charge in [-0.25, -0.2) is 9.88 Å². The van der Waals surface area contributed by atoms with Crippen LogP contribution in [-0.2, 0) is 0 Å². The molecule has 1 aromatic heterocycles. The Kier molecular flexibility index (Phi) is 6.91. The van der Waals surface area contributed by atoms with Crippen molar-refractivity contribution in [3.8, 4) is 17.2 Å². The van der Waals surface area contributed by atoms with Crippen molar-refractivity contribution < 1.29 is 28.7 Å². The Morgan fingerprint density at radius 2 is 1.27 bits per heavy atom. The van der Waals surface area contributed by atoms with Crippen molar-refractivity contribution in [2.24, 2.45) is 0 Å². The van der Waals surface area contributed by atoms with Gasteiger partial charge in [-0.3, -0.25) is 28.5 Å². The number of fused-ring (bicyclic) bond motifs is 1. The number of ether oxygens (including phenoxy) is 2. The number of para-hydroxylation sites is 2. The summed E-state index contributed by atoms with van der Waals surface area (Å²) in [4.78, 5) is 77.6. The molecule has 2 heterocycles. The first-order valence-electron chi connectivity index (χ1n) is 16.6. The molecule has 0 saturated carbocycles. The van der Waals surface area contributed by atoms with Crippen LogP contribution in [0.1, 0.15) is 65.2 Å². The predicted molar refractivity (Wildman–Crippen MR) is 195 cm³/mol. The van der Waals surface area contributed by atoms with Gasteiger partial charge in [-0.2, -0.15) is 0 Å². The van der Waals surface area contributed by atoms with Crippen LogP contribution in [0.5, 0.6) is 11.5 Å². The van der Waals surface area contributed by atoms with Gasteiger partial charge < -0.3 is 9.47 Å². The van der Waals surface area contributed by atoms with Gasteiger partial charge in [0.15, 0.2) is 11.6 Å². The van der Waals surface area contributed by atoms with Crippen molar-refractivity contribution in [1.82, 2.24) is 9.55 Å². The van der Waals surface area contributed by atoms with Crippen molar-refractivity contribution in [1.29, 1.82) is 0 Å². The lowest BCUT2D eigenvalue weighted by molar-refractivity contribution is 0.0841. The molecule has 0 atom stereocenters. The number of ketones is 2. The second-order valence-corrected chi connectivity index (χ2v) is 12.7. The molecule has 0 fully saturated rings. The average molecular weight is 686 g/mol. The second-order valence-electron chi connectivity index (χ2n) is 12.7. The zero-order valence-electron chi connectivity index (χ0n) is 27.9. The molecule has 6 aromatic rings. The van der Waals surface area contributed by atoms with Crippen LogP contribution in [0, 0.1) is 0 Å². The maximum Gasteiger partial charge on any atom is 0.266 e. The zero-order valence-corrected chi connectivity index (χ0v) is 27.9. The van der Waals surface area contributed by atoms with E-state index in [1.807, 2.05) is 18.2 Å². The normalized spacial score (nSPS) is 15.2. The lowest BCUT2D eigenvalue weighted by Crippen LogP contribution is -2.42. The number of methoxy groups -OCH3 is 2. The van der Waals surface area contributed by atoms with Crippen LogP contribution in [0.3, 0.4) is 0 Å². The minimum absolute atomic E-state index is 0.0194. The third-order valence-corrected chi connectivity index (χ3v) is 10.0. The van der Waals surface area contributed by atoms with Gasteiger partial charge in [0.25, 0.3) is 17.4 Å². The number of amides is 2. The van der Waals surface area contributed by atoms with Crippen molar-refractivity contribution in [3.63, 3.8) is 0 Å². The highest BCUT2D eigenvalue weighted by Crippen LogP contribution is 2.47. The second kappa shape index (κ2) is 11.6. The highest BCUT2D eigenvalue weighted by atomic mass is 16.5. The SMILES string of the molecule is COc1cc(C2=CC=CC2)cc(OC)c1N1C(=O)c2ccc3c4c(ccc(c24)C1=O)C(=O)C(c1nc2ccccc2c(=O)n1-c1ccccc1)C3=O. The van der Waals surface area contributed by atoms with Gasteiger partial charge in [0, 0.05) is 33.0 Å². The summed E-state index contributed by atoms with van der Waals surface area (Å²) in [5, 5.41) is 0.763. The van der Waals surface area contributed by atoms with Crippen molar-refractivity contribution in [2.75, 3.05) is 19.1 Å². The number of aromatic nitrogens is 2. The quantitative estimate of drug-likeness (QED) is 0.138. The van der Waals surface area contributed by atoms with E-state index < -0.39 is 34.9 Å². The van der Waals surface area contributed by atoms with Gasteiger partial charge in [0.05, 0.1) is 30.8 Å². The summed E-state index contributed by atoms with van der Waals surface area (Å²) in [6.07, 6.45) is 6.66. The smallest absolute Gasteiger partial charge is 0.266 e. The van der Waals surface area contributed by atoms with E-state index in [0.29, 0.717) is 23.0 Å². The molecule has 2 amide bonds. The number of hydrogen-bond donors (Lipinski definition) is 0. The standard InChI is InChI=1S/C42H27N3O7/c1-51-31-20-23(22-10-6-7-11-22)21-32(52-2)36(31)45-41(49)28-18-16-26-33-27(17-19-29(34(28)33)42(45)50)38(47)35(37(26)46)39-43-30-15-9-8-14-25(30)40(48)44(39)24-12-4-3-5-13-24/h3-10,12-21,35H,11H2,1-2H3. The lowest BCUT2D eigenvalue weighted by Gasteiger charge is -2.32. The number of imide groups is 1. The van der Waals surface area contributed by atoms with Crippen LogP contribution in [0.4, 0.5) is 5.69 Å². The number of benzene rings is 5. The summed E-state index contributed by atoms with van der Waals surface area (Å²) in [6.45, 7) is 0. The largest absolute Gasteiger partial charge is 0.494 e. The summed E-state index contributed by atoms with van der Waals surface area (Å²) in [5.41, 5.74) is 2.93. The average Bonchev–Trinajstić information content (AvgIpc) is 3.72. The molecule has 9 rings (SSSR count). The molecule has 0 spiro atoms. The maximum atomic E-state index is 14.5. The van der Waals surface area contributed by atoms with Crippen LogP contribution in [-0.4, -0.2) is 47.2 Å². The van der Waals surface area contributed by atoms with E-state index in [1.165, 1.54) is 43.1 Å². The third-order valence-electron chi connectivity index (χ3n) is 10.0. The van der Waals surface area contributed by atoms with Crippen LogP contribution in [0.2, 0.25) is 0 Å². The first-order valence-corrected chi connectivity index (χ1v) is 16.6. The Balaban J connectivity index is 1.21. The minimum atomic E-state index is -1.46. The van der Waals surface area contributed by atoms with Gasteiger partial charge in [-0.05, 0) is 78.2 Å². The fraction of sp³-hybridized carbons (Fsp3) is 0.0952. The lowest BCUT2D eigenvalue weighted by atomic mass is 9.76. The van der Waals surface area contributed by atoms with Crippen LogP contribution < -0.4 is 19.9 Å². The Bertz CT molecular complexity index is 2650. The summed E-state index contributed by atoms with van der Waals surface area (Å²) in [5.74, 6) is -3.47. The number of carbonyl (C=O) groups is 4. The number of anilines is 1. The van der Waals surface area contributed by atoms with E-state index in [2.05, 4.69) is 0 Å². The molecule has 1 aliphatic heterocycles. The van der Waals surface area contributed by atoms with E-state index in [0.717, 1.165) is 16.0 Å². The molecule has 0 radical (unpaired) electrons. The van der Waals surface area contributed by atoms with E-state index in [-0.39, 0.29) is 56.0 Å². The molecule has 3 aliphatic rings. The molecule has 2 aliphatic carbocycles. The molecular weight excluding hydrogens is 658 g/mol. The Labute approximate surface area is 295 Å². The topological polar surface area (TPSA) is 125 Å². The van der Waals surface area contributed by atoms with Gasteiger partial charge in [0.1, 0.15) is 28.9 Å². The van der Waals surface area contributed by atoms with Crippen LogP contribution >= 0.6 is 0 Å². The van der Waals surface area contributed by atoms with Gasteiger partial charge in [-0.15, -0.1) is 0 Å². The maximum absolute atomic E-state index is 14.5. The number of rotatable bonds is 6. The van der Waals surface area contributed by atoms with Gasteiger partial charge >= 0.3 is 0 Å². The molecule has 0 saturated heterocycles. The summed E-state index contributed by atoms with van der Waals surface area (Å²) in [6, 6.07) is 25.0. The van der Waals surface area contributed by atoms with Gasteiger partial charge in [0.2, 0.25) is 0 Å². The molecule has 0 unspecified atom stereocenters. The Morgan fingerprint density at radius 1 is 0.692 bits per heavy atom. The minimum Gasteiger partial charge on any atom is -0.494 e. The molecule has 252 valence electrons. The molecule has 0 N–H and O–H groups in total. The first kappa shape index (κ1) is 31.1. The van der Waals surface area contributed by atoms with E-state index in [9.17, 15) is 24.0 Å². The number of carbonyl (C=O) groups excluding carboxylic acids is 4. The third kappa shape index (κ3) is 4.30. The van der Waals surface area contributed by atoms with Crippen molar-refractivity contribution >= 4 is 56.3 Å². The van der Waals surface area contributed by atoms with Crippen LogP contribution in [0.25, 0.3) is 32.9 Å². The van der Waals surface area contributed by atoms with Crippen molar-refractivity contribution in [2.45, 2.75) is 12.3 Å². The number of Topliss-reactive ketones (excluding diaryl/α,β-unsaturated/α-hetero) is 2. The van der Waals surface area contributed by atoms with Crippen LogP contribution in [0.15, 0.2) is 114 Å². The molecule has 10 heteroatoms. The molecule has 5 aromatic carbocycles. The van der Waals surface area contributed by atoms with Crippen molar-refractivity contribution in [3.05, 3.63) is 153 Å². The molecule has 10 nitrogen and oxygen atoms in total. The van der Waals surface area contributed by atoms with E-state index in [4.69, 9.17) is 14.5 Å². The number of allylic oxidation sites excluding steroid dienone is 4. The van der Waals surface area contributed by atoms with Gasteiger partial charge in [-0.1, -0.05) is 48.6 Å². The summed E-state index contributed by atoms with van der Waals surface area (Å²) < 4.78 is 12.8. The highest BCUT2D eigenvalue weighted by molar-refractivity contribution is 6.41. The number of nitrogens with zero attached hydrogens (tertiary/aromatic N) is 3. The first-order chi connectivity index (χ1) is 25.3. The highest BCUT2D eigenvalue weighted by Gasteiger charge is 2.44.